The Balaban J connectivity index is 1.33. The van der Waals surface area contributed by atoms with Crippen molar-refractivity contribution in [2.24, 2.45) is 0 Å². The monoisotopic (exact) mass is 413 g/mol. The van der Waals surface area contributed by atoms with Crippen LogP contribution in [-0.2, 0) is 6.42 Å². The number of amides is 1. The zero-order valence-electron chi connectivity index (χ0n) is 16.8. The quantitative estimate of drug-likeness (QED) is 0.629. The Morgan fingerprint density at radius 1 is 1.17 bits per heavy atom. The molecule has 6 nitrogen and oxygen atoms in total. The van der Waals surface area contributed by atoms with Gasteiger partial charge in [0.05, 0.1) is 5.56 Å². The summed E-state index contributed by atoms with van der Waals surface area (Å²) in [5.74, 6) is 0.658. The van der Waals surface area contributed by atoms with Crippen LogP contribution in [0.2, 0.25) is 0 Å². The van der Waals surface area contributed by atoms with Gasteiger partial charge in [-0.3, -0.25) is 14.2 Å². The van der Waals surface area contributed by atoms with Gasteiger partial charge in [0, 0.05) is 30.2 Å². The van der Waals surface area contributed by atoms with E-state index >= 15 is 0 Å². The van der Waals surface area contributed by atoms with E-state index in [2.05, 4.69) is 20.6 Å². The fourth-order valence-electron chi connectivity index (χ4n) is 3.88. The normalized spacial score (nSPS) is 19.2. The molecule has 1 amide bonds. The van der Waals surface area contributed by atoms with Gasteiger partial charge in [0.2, 0.25) is 0 Å². The van der Waals surface area contributed by atoms with Gasteiger partial charge in [-0.25, -0.2) is 13.8 Å². The smallest absolute Gasteiger partial charge is 0.281 e. The second-order valence-corrected chi connectivity index (χ2v) is 7.66. The summed E-state index contributed by atoms with van der Waals surface area (Å²) in [6, 6.07) is 9.42. The Morgan fingerprint density at radius 2 is 1.93 bits per heavy atom. The number of fused-ring (bicyclic) bond motifs is 1. The second kappa shape index (κ2) is 8.77. The first-order valence-electron chi connectivity index (χ1n) is 10.3. The summed E-state index contributed by atoms with van der Waals surface area (Å²) in [5, 5.41) is 6.55. The fraction of sp³-hybridized carbons (Fsp3) is 0.409. The molecule has 1 aliphatic carbocycles. The van der Waals surface area contributed by atoms with Gasteiger partial charge >= 0.3 is 0 Å². The van der Waals surface area contributed by atoms with Crippen molar-refractivity contribution < 1.29 is 13.6 Å². The molecule has 0 aliphatic heterocycles. The third kappa shape index (κ3) is 4.42. The topological polar surface area (TPSA) is 71.3 Å². The van der Waals surface area contributed by atoms with E-state index in [4.69, 9.17) is 0 Å². The minimum absolute atomic E-state index is 0.0933. The summed E-state index contributed by atoms with van der Waals surface area (Å²) in [6.45, 7) is 2.03. The van der Waals surface area contributed by atoms with E-state index in [1.807, 2.05) is 31.2 Å². The number of rotatable bonds is 6. The first-order chi connectivity index (χ1) is 14.5. The van der Waals surface area contributed by atoms with Gasteiger partial charge < -0.3 is 10.6 Å². The molecule has 0 aromatic carbocycles. The van der Waals surface area contributed by atoms with E-state index in [0.29, 0.717) is 11.2 Å². The fourth-order valence-corrected chi connectivity index (χ4v) is 3.88. The molecule has 1 saturated carbocycles. The number of nitrogens with one attached hydrogen (secondary N) is 2. The zero-order valence-corrected chi connectivity index (χ0v) is 16.8. The van der Waals surface area contributed by atoms with Crippen molar-refractivity contribution in [3.05, 3.63) is 59.7 Å². The molecule has 3 aromatic rings. The minimum Gasteiger partial charge on any atom is -0.368 e. The number of carbonyl (C=O) groups excluding carboxylic acids is 1. The van der Waals surface area contributed by atoms with Gasteiger partial charge in [-0.05, 0) is 56.4 Å². The maximum absolute atomic E-state index is 13.0. The van der Waals surface area contributed by atoms with Crippen molar-refractivity contribution >= 4 is 17.4 Å². The van der Waals surface area contributed by atoms with Crippen LogP contribution in [0, 0.1) is 0 Å². The number of pyridine rings is 2. The highest BCUT2D eigenvalue weighted by molar-refractivity contribution is 5.94. The summed E-state index contributed by atoms with van der Waals surface area (Å²) >= 11 is 0. The van der Waals surface area contributed by atoms with Gasteiger partial charge in [-0.15, -0.1) is 0 Å². The molecule has 2 N–H and O–H groups in total. The highest BCUT2D eigenvalue weighted by Crippen LogP contribution is 2.25. The number of aryl methyl sites for hydroxylation is 1. The lowest BCUT2D eigenvalue weighted by Crippen LogP contribution is -2.40. The molecule has 30 heavy (non-hydrogen) atoms. The number of anilines is 1. The van der Waals surface area contributed by atoms with Crippen molar-refractivity contribution in [3.63, 3.8) is 0 Å². The predicted molar refractivity (Wildman–Crippen MR) is 111 cm³/mol. The molecule has 0 saturated heterocycles. The average molecular weight is 413 g/mol. The molecule has 0 unspecified atom stereocenters. The lowest BCUT2D eigenvalue weighted by molar-refractivity contribution is 0.0926. The third-order valence-electron chi connectivity index (χ3n) is 5.60. The lowest BCUT2D eigenvalue weighted by atomic mass is 9.91. The Morgan fingerprint density at radius 3 is 2.60 bits per heavy atom. The van der Waals surface area contributed by atoms with Crippen LogP contribution in [0.5, 0.6) is 0 Å². The molecule has 0 spiro atoms. The molecule has 1 fully saturated rings. The molecule has 1 aliphatic rings. The van der Waals surface area contributed by atoms with Gasteiger partial charge in [0.15, 0.2) is 0 Å². The van der Waals surface area contributed by atoms with Crippen LogP contribution in [0.15, 0.2) is 42.7 Å². The first kappa shape index (κ1) is 20.3. The molecular weight excluding hydrogens is 388 g/mol. The van der Waals surface area contributed by atoms with Crippen molar-refractivity contribution in [1.29, 1.82) is 0 Å². The lowest BCUT2D eigenvalue weighted by Gasteiger charge is -2.30. The summed E-state index contributed by atoms with van der Waals surface area (Å²) in [4.78, 5) is 20.7. The van der Waals surface area contributed by atoms with E-state index in [0.717, 1.165) is 43.6 Å². The van der Waals surface area contributed by atoms with Crippen LogP contribution in [0.4, 0.5) is 14.6 Å². The number of imidazole rings is 1. The number of nitrogens with zero attached hydrogens (tertiary/aromatic N) is 3. The number of alkyl halides is 2. The first-order valence-corrected chi connectivity index (χ1v) is 10.3. The number of hydrogen-bond donors (Lipinski definition) is 2. The van der Waals surface area contributed by atoms with Gasteiger partial charge in [-0.2, -0.15) is 0 Å². The molecule has 3 heterocycles. The zero-order chi connectivity index (χ0) is 21.1. The van der Waals surface area contributed by atoms with E-state index in [1.54, 1.807) is 16.7 Å². The van der Waals surface area contributed by atoms with E-state index in [-0.39, 0.29) is 23.7 Å². The Labute approximate surface area is 173 Å². The minimum atomic E-state index is -2.59. The second-order valence-electron chi connectivity index (χ2n) is 7.66. The van der Waals surface area contributed by atoms with Crippen LogP contribution in [-0.4, -0.2) is 32.4 Å². The maximum atomic E-state index is 13.0. The predicted octanol–water partition coefficient (Wildman–Crippen LogP) is 4.38. The number of halogens is 2. The van der Waals surface area contributed by atoms with E-state index < -0.39 is 6.43 Å². The molecule has 3 aromatic heterocycles. The molecule has 4 rings (SSSR count). The average Bonchev–Trinajstić information content (AvgIpc) is 3.21. The third-order valence-corrected chi connectivity index (χ3v) is 5.60. The number of hydrogen-bond acceptors (Lipinski definition) is 4. The van der Waals surface area contributed by atoms with E-state index in [9.17, 15) is 13.6 Å². The van der Waals surface area contributed by atoms with Crippen molar-refractivity contribution in [2.45, 2.75) is 57.5 Å². The Kier molecular flexibility index (Phi) is 5.92. The summed E-state index contributed by atoms with van der Waals surface area (Å²) in [5.41, 5.74) is 1.82. The van der Waals surface area contributed by atoms with Gasteiger partial charge in [0.25, 0.3) is 12.3 Å². The summed E-state index contributed by atoms with van der Waals surface area (Å²) < 4.78 is 27.6. The van der Waals surface area contributed by atoms with Crippen molar-refractivity contribution in [2.75, 3.05) is 5.32 Å². The van der Waals surface area contributed by atoms with Crippen molar-refractivity contribution in [1.82, 2.24) is 19.7 Å². The molecule has 0 radical (unpaired) electrons. The highest BCUT2D eigenvalue weighted by Gasteiger charge is 2.23. The Hall–Kier alpha value is -3.03. The van der Waals surface area contributed by atoms with Crippen LogP contribution in [0.25, 0.3) is 5.65 Å². The van der Waals surface area contributed by atoms with Gasteiger partial charge in [0.1, 0.15) is 17.2 Å². The molecular formula is C22H25F2N5O. The van der Waals surface area contributed by atoms with Crippen molar-refractivity contribution in [3.8, 4) is 0 Å². The summed E-state index contributed by atoms with van der Waals surface area (Å²) in [6.07, 6.45) is 4.72. The number of carbonyl (C=O) groups is 1. The van der Waals surface area contributed by atoms with Crippen LogP contribution in [0.3, 0.4) is 0 Å². The van der Waals surface area contributed by atoms with E-state index in [1.165, 1.54) is 6.20 Å². The highest BCUT2D eigenvalue weighted by atomic mass is 19.3. The molecule has 8 heteroatoms. The largest absolute Gasteiger partial charge is 0.368 e. The van der Waals surface area contributed by atoms with Crippen LogP contribution < -0.4 is 10.6 Å². The number of aromatic nitrogens is 3. The molecule has 0 atom stereocenters. The standard InChI is InChI=1S/C22H25F2N5O/c1-2-15-7-6-14(12-25-15)22(30)27-17-10-8-16(9-11-17)26-19-4-3-5-20-28-18(21(23)24)13-29(19)20/h3-7,12-13,16-17,21,26H,2,8-11H2,1H3,(H,27,30)/t16-,17+. The van der Waals surface area contributed by atoms with Crippen LogP contribution >= 0.6 is 0 Å². The molecule has 158 valence electrons. The maximum Gasteiger partial charge on any atom is 0.281 e. The van der Waals surface area contributed by atoms with Crippen LogP contribution in [0.1, 0.15) is 60.8 Å². The molecule has 0 bridgehead atoms. The Bertz CT molecular complexity index is 1010. The SMILES string of the molecule is CCc1ccc(C(=O)N[C@H]2CC[C@@H](Nc3cccc4nc(C(F)F)cn34)CC2)cn1. The van der Waals surface area contributed by atoms with Gasteiger partial charge in [-0.1, -0.05) is 13.0 Å². The summed E-state index contributed by atoms with van der Waals surface area (Å²) in [7, 11) is 0.